The van der Waals surface area contributed by atoms with Crippen LogP contribution in [0.2, 0.25) is 0 Å². The number of amides is 1. The Kier molecular flexibility index (Phi) is 9.09. The number of carbonyl (C=O) groups is 1. The minimum atomic E-state index is -0.849. The van der Waals surface area contributed by atoms with E-state index in [0.29, 0.717) is 19.4 Å². The molecule has 3 unspecified atom stereocenters. The predicted octanol–water partition coefficient (Wildman–Crippen LogP) is 5.37. The first kappa shape index (κ1) is 27.4. The van der Waals surface area contributed by atoms with E-state index >= 15 is 0 Å². The van der Waals surface area contributed by atoms with E-state index in [0.717, 1.165) is 69.3 Å². The summed E-state index contributed by atoms with van der Waals surface area (Å²) in [5.41, 5.74) is 1.23. The van der Waals surface area contributed by atoms with Crippen molar-refractivity contribution in [1.29, 1.82) is 0 Å². The van der Waals surface area contributed by atoms with Crippen molar-refractivity contribution in [2.75, 3.05) is 33.8 Å². The molecule has 1 N–H and O–H groups in total. The molecule has 0 radical (unpaired) electrons. The third-order valence-corrected chi connectivity index (χ3v) is 8.86. The smallest absolute Gasteiger partial charge is 0.222 e. The number of likely N-dealkylation sites (tertiary alicyclic amines) is 1. The number of benzene rings is 2. The summed E-state index contributed by atoms with van der Waals surface area (Å²) in [6, 6.07) is 18.9. The molecule has 0 spiro atoms. The second-order valence-corrected chi connectivity index (χ2v) is 11.1. The molecule has 3 atom stereocenters. The first-order valence-corrected chi connectivity index (χ1v) is 13.9. The largest absolute Gasteiger partial charge is 0.497 e. The van der Waals surface area contributed by atoms with Gasteiger partial charge in [-0.2, -0.15) is 0 Å². The number of unbranched alkanes of at least 4 members (excludes halogenated alkanes) is 2. The van der Waals surface area contributed by atoms with Gasteiger partial charge in [0.1, 0.15) is 5.75 Å². The van der Waals surface area contributed by atoms with E-state index in [1.54, 1.807) is 7.11 Å². The number of hydrogen-bond acceptors (Lipinski definition) is 4. The van der Waals surface area contributed by atoms with Crippen molar-refractivity contribution in [2.45, 2.75) is 74.8 Å². The zero-order valence-corrected chi connectivity index (χ0v) is 22.7. The fourth-order valence-electron chi connectivity index (χ4n) is 6.63. The molecule has 1 aliphatic carbocycles. The van der Waals surface area contributed by atoms with Crippen molar-refractivity contribution in [2.24, 2.45) is 0 Å². The lowest BCUT2D eigenvalue weighted by Gasteiger charge is -2.59. The Morgan fingerprint density at radius 2 is 1.97 bits per heavy atom. The maximum Gasteiger partial charge on any atom is 0.222 e. The number of piperidine rings is 1. The van der Waals surface area contributed by atoms with Gasteiger partial charge in [-0.3, -0.25) is 9.69 Å². The Morgan fingerprint density at radius 1 is 1.16 bits per heavy atom. The van der Waals surface area contributed by atoms with E-state index in [1.807, 2.05) is 36.2 Å². The topological polar surface area (TPSA) is 53.0 Å². The van der Waals surface area contributed by atoms with E-state index in [4.69, 9.17) is 4.74 Å². The highest BCUT2D eigenvalue weighted by Crippen LogP contribution is 2.52. The molecule has 1 saturated carbocycles. The third kappa shape index (κ3) is 6.10. The van der Waals surface area contributed by atoms with Crippen LogP contribution in [0.3, 0.4) is 0 Å². The van der Waals surface area contributed by atoms with Crippen LogP contribution in [0.5, 0.6) is 5.75 Å². The van der Waals surface area contributed by atoms with Crippen LogP contribution >= 0.6 is 0 Å². The molecule has 1 heterocycles. The summed E-state index contributed by atoms with van der Waals surface area (Å²) < 4.78 is 5.55. The number of β-amino-alcohol motifs (C(OH)–C–C–N with tert-alkyl or cyclic N) is 1. The summed E-state index contributed by atoms with van der Waals surface area (Å²) in [6.45, 7) is 6.21. The number of methoxy groups -OCH3 is 1. The molecule has 2 fully saturated rings. The normalized spacial score (nSPS) is 25.8. The molecule has 4 rings (SSSR count). The first-order chi connectivity index (χ1) is 17.9. The number of rotatable bonds is 11. The molecule has 200 valence electrons. The monoisotopic (exact) mass is 504 g/mol. The molecule has 1 saturated heterocycles. The molecule has 0 bridgehead atoms. The SMILES string of the molecule is C=CCN1CCC2(c3cccc(OC)c3)CC(N(C)C(=O)CCCCCc3ccccc3)CCC2(O)C1. The number of aliphatic hydroxyl groups is 1. The van der Waals surface area contributed by atoms with Crippen molar-refractivity contribution < 1.29 is 14.6 Å². The van der Waals surface area contributed by atoms with Gasteiger partial charge in [-0.1, -0.05) is 55.0 Å². The summed E-state index contributed by atoms with van der Waals surface area (Å²) in [7, 11) is 3.65. The van der Waals surface area contributed by atoms with Gasteiger partial charge in [-0.15, -0.1) is 6.58 Å². The maximum absolute atomic E-state index is 13.2. The van der Waals surface area contributed by atoms with Gasteiger partial charge in [0.15, 0.2) is 0 Å². The molecular formula is C32H44N2O3. The molecule has 0 aromatic heterocycles. The third-order valence-electron chi connectivity index (χ3n) is 8.86. The van der Waals surface area contributed by atoms with Crippen LogP contribution in [0.1, 0.15) is 62.5 Å². The van der Waals surface area contributed by atoms with E-state index in [9.17, 15) is 9.90 Å². The van der Waals surface area contributed by atoms with Crippen LogP contribution in [0.15, 0.2) is 67.3 Å². The molecule has 5 nitrogen and oxygen atoms in total. The fourth-order valence-corrected chi connectivity index (χ4v) is 6.63. The van der Waals surface area contributed by atoms with Crippen molar-refractivity contribution in [1.82, 2.24) is 9.80 Å². The summed E-state index contributed by atoms with van der Waals surface area (Å²) in [4.78, 5) is 17.5. The zero-order chi connectivity index (χ0) is 26.3. The second-order valence-electron chi connectivity index (χ2n) is 11.1. The number of ether oxygens (including phenoxy) is 1. The second kappa shape index (κ2) is 12.3. The molecule has 1 amide bonds. The molecule has 37 heavy (non-hydrogen) atoms. The Balaban J connectivity index is 1.42. The van der Waals surface area contributed by atoms with Gasteiger partial charge in [0.25, 0.3) is 0 Å². The van der Waals surface area contributed by atoms with Crippen molar-refractivity contribution >= 4 is 5.91 Å². The van der Waals surface area contributed by atoms with Crippen LogP contribution in [-0.2, 0) is 16.6 Å². The summed E-state index contributed by atoms with van der Waals surface area (Å²) in [5.74, 6) is 1.03. The molecule has 1 aliphatic heterocycles. The van der Waals surface area contributed by atoms with Crippen molar-refractivity contribution in [3.63, 3.8) is 0 Å². The van der Waals surface area contributed by atoms with E-state index in [1.165, 1.54) is 5.56 Å². The Morgan fingerprint density at radius 3 is 2.73 bits per heavy atom. The van der Waals surface area contributed by atoms with Crippen LogP contribution in [0.4, 0.5) is 0 Å². The van der Waals surface area contributed by atoms with Gasteiger partial charge in [-0.25, -0.2) is 0 Å². The quantitative estimate of drug-likeness (QED) is 0.330. The summed E-state index contributed by atoms with van der Waals surface area (Å²) >= 11 is 0. The van der Waals surface area contributed by atoms with Gasteiger partial charge >= 0.3 is 0 Å². The highest BCUT2D eigenvalue weighted by molar-refractivity contribution is 5.76. The van der Waals surface area contributed by atoms with E-state index in [2.05, 4.69) is 47.9 Å². The highest BCUT2D eigenvalue weighted by atomic mass is 16.5. The number of fused-ring (bicyclic) bond motifs is 1. The molecule has 2 aliphatic rings. The summed E-state index contributed by atoms with van der Waals surface area (Å²) in [5, 5.41) is 12.2. The number of aryl methyl sites for hydroxylation is 1. The van der Waals surface area contributed by atoms with Gasteiger partial charge in [0.2, 0.25) is 5.91 Å². The van der Waals surface area contributed by atoms with Crippen molar-refractivity contribution in [3.8, 4) is 5.75 Å². The number of carbonyl (C=O) groups excluding carboxylic acids is 1. The van der Waals surface area contributed by atoms with E-state index in [-0.39, 0.29) is 11.9 Å². The Labute approximate surface area is 223 Å². The maximum atomic E-state index is 13.2. The van der Waals surface area contributed by atoms with Gasteiger partial charge in [0, 0.05) is 38.0 Å². The van der Waals surface area contributed by atoms with Gasteiger partial charge in [0.05, 0.1) is 12.7 Å². The average Bonchev–Trinajstić information content (AvgIpc) is 2.92. The average molecular weight is 505 g/mol. The highest BCUT2D eigenvalue weighted by Gasteiger charge is 2.58. The number of nitrogens with zero attached hydrogens (tertiary/aromatic N) is 2. The lowest BCUT2D eigenvalue weighted by Crippen LogP contribution is -2.67. The lowest BCUT2D eigenvalue weighted by atomic mass is 9.55. The standard InChI is InChI=1S/C32H44N2O3/c1-4-21-34-22-20-31(27-15-11-16-29(23-27)37-3)24-28(18-19-32(31,36)25-34)33(2)30(35)17-10-6-9-14-26-12-7-5-8-13-26/h4-5,7-8,11-13,15-16,23,28,36H,1,6,9-10,14,17-22,24-25H2,2-3H3. The van der Waals surface area contributed by atoms with E-state index < -0.39 is 11.0 Å². The fraction of sp³-hybridized carbons (Fsp3) is 0.531. The Hall–Kier alpha value is -2.63. The molecular weight excluding hydrogens is 460 g/mol. The first-order valence-electron chi connectivity index (χ1n) is 13.9. The van der Waals surface area contributed by atoms with Gasteiger partial charge in [-0.05, 0) is 74.8 Å². The Bertz CT molecular complexity index is 1040. The minimum Gasteiger partial charge on any atom is -0.497 e. The molecule has 2 aromatic carbocycles. The van der Waals surface area contributed by atoms with Crippen molar-refractivity contribution in [3.05, 3.63) is 78.4 Å². The van der Waals surface area contributed by atoms with Crippen LogP contribution in [0, 0.1) is 0 Å². The number of hydrogen-bond donors (Lipinski definition) is 1. The minimum absolute atomic E-state index is 0.120. The van der Waals surface area contributed by atoms with Crippen LogP contribution in [-0.4, -0.2) is 66.2 Å². The zero-order valence-electron chi connectivity index (χ0n) is 22.7. The van der Waals surface area contributed by atoms with Gasteiger partial charge < -0.3 is 14.7 Å². The molecule has 5 heteroatoms. The molecule has 2 aromatic rings. The predicted molar refractivity (Wildman–Crippen MR) is 150 cm³/mol. The van der Waals surface area contributed by atoms with Crippen LogP contribution in [0.25, 0.3) is 0 Å². The lowest BCUT2D eigenvalue weighted by molar-refractivity contribution is -0.147. The summed E-state index contributed by atoms with van der Waals surface area (Å²) in [6.07, 6.45) is 9.78. The van der Waals surface area contributed by atoms with Crippen LogP contribution < -0.4 is 4.74 Å².